The summed E-state index contributed by atoms with van der Waals surface area (Å²) in [5, 5.41) is 3.11. The highest BCUT2D eigenvalue weighted by Gasteiger charge is 2.31. The summed E-state index contributed by atoms with van der Waals surface area (Å²) in [6.07, 6.45) is 1.50. The Kier molecular flexibility index (Phi) is 6.77. The lowest BCUT2D eigenvalue weighted by molar-refractivity contribution is 0.0922. The summed E-state index contributed by atoms with van der Waals surface area (Å²) in [5.41, 5.74) is 2.76. The van der Waals surface area contributed by atoms with Crippen molar-refractivity contribution in [3.8, 4) is 11.1 Å². The minimum Gasteiger partial charge on any atom is -0.349 e. The molecule has 0 aliphatic carbocycles. The smallest absolute Gasteiger partial charge is 0.270 e. The molecule has 1 N–H and O–H groups in total. The standard InChI is InChI=1S/C20H25N2O3PS/c1-26(24,25-15-27)22-12-10-19(11-13-22)21-20(23)18-9-5-8-17(14-18)16-6-3-2-4-7-16/h2-9,14,19,27H,10-13,15H2,1H3,(H,21,23). The number of hydrogen-bond donors (Lipinski definition) is 2. The number of benzene rings is 2. The van der Waals surface area contributed by atoms with Gasteiger partial charge in [0.1, 0.15) is 0 Å². The number of amides is 1. The minimum atomic E-state index is -2.78. The first kappa shape index (κ1) is 20.2. The summed E-state index contributed by atoms with van der Waals surface area (Å²) in [6.45, 7) is 2.89. The van der Waals surface area contributed by atoms with Crippen molar-refractivity contribution in [3.05, 3.63) is 60.2 Å². The third kappa shape index (κ3) is 5.23. The normalized spacial score (nSPS) is 18.0. The van der Waals surface area contributed by atoms with Crippen LogP contribution in [0, 0.1) is 0 Å². The van der Waals surface area contributed by atoms with Crippen molar-refractivity contribution in [1.29, 1.82) is 0 Å². The maximum Gasteiger partial charge on any atom is 0.270 e. The van der Waals surface area contributed by atoms with E-state index in [2.05, 4.69) is 17.9 Å². The van der Waals surface area contributed by atoms with Crippen LogP contribution in [0.5, 0.6) is 0 Å². The summed E-state index contributed by atoms with van der Waals surface area (Å²) < 4.78 is 19.6. The summed E-state index contributed by atoms with van der Waals surface area (Å²) in [5.74, 6) is 0.0693. The summed E-state index contributed by atoms with van der Waals surface area (Å²) in [6, 6.07) is 17.7. The topological polar surface area (TPSA) is 58.6 Å². The third-order valence-electron chi connectivity index (χ3n) is 4.85. The quantitative estimate of drug-likeness (QED) is 0.429. The van der Waals surface area contributed by atoms with Gasteiger partial charge in [0.15, 0.2) is 0 Å². The van der Waals surface area contributed by atoms with Gasteiger partial charge in [0, 0.05) is 31.4 Å². The van der Waals surface area contributed by atoms with E-state index < -0.39 is 7.52 Å². The molecule has 0 bridgehead atoms. The van der Waals surface area contributed by atoms with Gasteiger partial charge in [-0.2, -0.15) is 12.6 Å². The monoisotopic (exact) mass is 404 g/mol. The van der Waals surface area contributed by atoms with Crippen LogP contribution in [-0.4, -0.2) is 42.3 Å². The Hall–Kier alpha value is -1.59. The van der Waals surface area contributed by atoms with E-state index in [-0.39, 0.29) is 17.9 Å². The van der Waals surface area contributed by atoms with Crippen molar-refractivity contribution < 1.29 is 13.9 Å². The van der Waals surface area contributed by atoms with Crippen molar-refractivity contribution in [2.75, 3.05) is 25.7 Å². The molecule has 1 aliphatic rings. The lowest BCUT2D eigenvalue weighted by atomic mass is 10.0. The van der Waals surface area contributed by atoms with E-state index >= 15 is 0 Å². The molecule has 1 amide bonds. The molecular formula is C20H25N2O3PS. The Labute approximate surface area is 166 Å². The average Bonchev–Trinajstić information content (AvgIpc) is 2.69. The van der Waals surface area contributed by atoms with E-state index in [1.165, 1.54) is 0 Å². The molecule has 1 unspecified atom stereocenters. The minimum absolute atomic E-state index is 0.0717. The third-order valence-corrected chi connectivity index (χ3v) is 7.22. The Morgan fingerprint density at radius 3 is 2.48 bits per heavy atom. The summed E-state index contributed by atoms with van der Waals surface area (Å²) in [4.78, 5) is 12.7. The van der Waals surface area contributed by atoms with Gasteiger partial charge in [0.05, 0.1) is 5.94 Å². The van der Waals surface area contributed by atoms with Crippen molar-refractivity contribution in [2.24, 2.45) is 0 Å². The van der Waals surface area contributed by atoms with Gasteiger partial charge >= 0.3 is 0 Å². The largest absolute Gasteiger partial charge is 0.349 e. The molecule has 1 atom stereocenters. The highest BCUT2D eigenvalue weighted by atomic mass is 32.1. The highest BCUT2D eigenvalue weighted by Crippen LogP contribution is 2.48. The van der Waals surface area contributed by atoms with Crippen molar-refractivity contribution >= 4 is 26.1 Å². The number of thiol groups is 1. The predicted octanol–water partition coefficient (Wildman–Crippen LogP) is 4.27. The van der Waals surface area contributed by atoms with E-state index in [9.17, 15) is 9.36 Å². The molecule has 1 fully saturated rings. The van der Waals surface area contributed by atoms with E-state index in [1.807, 2.05) is 59.3 Å². The molecular weight excluding hydrogens is 379 g/mol. The number of nitrogens with one attached hydrogen (secondary N) is 1. The van der Waals surface area contributed by atoms with Gasteiger partial charge in [-0.3, -0.25) is 9.36 Å². The zero-order chi connectivity index (χ0) is 19.3. The Morgan fingerprint density at radius 2 is 1.81 bits per heavy atom. The fraction of sp³-hybridized carbons (Fsp3) is 0.350. The Morgan fingerprint density at radius 1 is 1.15 bits per heavy atom. The van der Waals surface area contributed by atoms with Crippen LogP contribution >= 0.6 is 20.1 Å². The zero-order valence-corrected chi connectivity index (χ0v) is 17.2. The van der Waals surface area contributed by atoms with Crippen LogP contribution in [0.1, 0.15) is 23.2 Å². The Balaban J connectivity index is 1.60. The van der Waals surface area contributed by atoms with Crippen LogP contribution < -0.4 is 5.32 Å². The molecule has 1 saturated heterocycles. The summed E-state index contributed by atoms with van der Waals surface area (Å²) >= 11 is 3.99. The van der Waals surface area contributed by atoms with Crippen LogP contribution in [0.2, 0.25) is 0 Å². The first-order valence-electron chi connectivity index (χ1n) is 9.04. The van der Waals surface area contributed by atoms with Crippen molar-refractivity contribution in [3.63, 3.8) is 0 Å². The first-order valence-corrected chi connectivity index (χ1v) is 11.7. The molecule has 144 valence electrons. The van der Waals surface area contributed by atoms with Gasteiger partial charge in [-0.15, -0.1) is 0 Å². The molecule has 1 aliphatic heterocycles. The lowest BCUT2D eigenvalue weighted by Crippen LogP contribution is -2.43. The fourth-order valence-corrected chi connectivity index (χ4v) is 5.28. The van der Waals surface area contributed by atoms with E-state index in [0.29, 0.717) is 18.7 Å². The predicted molar refractivity (Wildman–Crippen MR) is 112 cm³/mol. The van der Waals surface area contributed by atoms with Gasteiger partial charge in [0.25, 0.3) is 13.4 Å². The van der Waals surface area contributed by atoms with Crippen molar-refractivity contribution in [1.82, 2.24) is 9.99 Å². The molecule has 27 heavy (non-hydrogen) atoms. The van der Waals surface area contributed by atoms with Gasteiger partial charge in [-0.25, -0.2) is 4.67 Å². The van der Waals surface area contributed by atoms with Gasteiger partial charge < -0.3 is 9.84 Å². The molecule has 5 nitrogen and oxygen atoms in total. The second-order valence-electron chi connectivity index (χ2n) is 6.71. The lowest BCUT2D eigenvalue weighted by Gasteiger charge is -2.35. The zero-order valence-electron chi connectivity index (χ0n) is 15.4. The van der Waals surface area contributed by atoms with Crippen LogP contribution in [-0.2, 0) is 9.09 Å². The molecule has 0 radical (unpaired) electrons. The van der Waals surface area contributed by atoms with Crippen LogP contribution in [0.4, 0.5) is 0 Å². The molecule has 0 saturated carbocycles. The fourth-order valence-electron chi connectivity index (χ4n) is 3.30. The first-order chi connectivity index (χ1) is 13.0. The second kappa shape index (κ2) is 9.07. The maximum atomic E-state index is 12.7. The molecule has 0 aromatic heterocycles. The number of carbonyl (C=O) groups excluding carboxylic acids is 1. The van der Waals surface area contributed by atoms with Gasteiger partial charge in [-0.05, 0) is 36.1 Å². The van der Waals surface area contributed by atoms with Crippen LogP contribution in [0.25, 0.3) is 11.1 Å². The molecule has 2 aromatic carbocycles. The van der Waals surface area contributed by atoms with Gasteiger partial charge in [0.2, 0.25) is 0 Å². The van der Waals surface area contributed by atoms with Crippen LogP contribution in [0.15, 0.2) is 54.6 Å². The number of carbonyl (C=O) groups is 1. The Bertz CT molecular complexity index is 823. The van der Waals surface area contributed by atoms with E-state index in [1.54, 1.807) is 6.66 Å². The molecule has 7 heteroatoms. The molecule has 1 heterocycles. The van der Waals surface area contributed by atoms with Crippen LogP contribution in [0.3, 0.4) is 0 Å². The van der Waals surface area contributed by atoms with Crippen molar-refractivity contribution in [2.45, 2.75) is 18.9 Å². The van der Waals surface area contributed by atoms with E-state index in [4.69, 9.17) is 4.52 Å². The SMILES string of the molecule is CP(=O)(OCS)N1CCC(NC(=O)c2cccc(-c3ccccc3)c2)CC1. The number of hydrogen-bond acceptors (Lipinski definition) is 4. The molecule has 2 aromatic rings. The van der Waals surface area contributed by atoms with E-state index in [0.717, 1.165) is 24.0 Å². The summed E-state index contributed by atoms with van der Waals surface area (Å²) in [7, 11) is -2.78. The molecule has 0 spiro atoms. The maximum absolute atomic E-state index is 12.7. The number of rotatable bonds is 6. The number of nitrogens with zero attached hydrogens (tertiary/aromatic N) is 1. The average molecular weight is 404 g/mol. The highest BCUT2D eigenvalue weighted by molar-refractivity contribution is 7.80. The number of piperidine rings is 1. The second-order valence-corrected chi connectivity index (χ2v) is 9.40. The van der Waals surface area contributed by atoms with Gasteiger partial charge in [-0.1, -0.05) is 42.5 Å². The molecule has 3 rings (SSSR count).